The molecule has 0 amide bonds. The van der Waals surface area contributed by atoms with Gasteiger partial charge in [-0.1, -0.05) is 5.16 Å². The maximum atomic E-state index is 13.5. The molecule has 0 aliphatic heterocycles. The molecule has 6 aromatic rings. The normalized spacial score (nSPS) is 12.6. The second-order valence-electron chi connectivity index (χ2n) is 8.30. The molecule has 10 nitrogen and oxygen atoms in total. The van der Waals surface area contributed by atoms with Crippen LogP contribution in [0.4, 0.5) is 0 Å². The van der Waals surface area contributed by atoms with Crippen molar-refractivity contribution < 1.29 is 4.52 Å². The van der Waals surface area contributed by atoms with Crippen molar-refractivity contribution in [3.63, 3.8) is 0 Å². The second-order valence-corrected chi connectivity index (χ2v) is 8.30. The van der Waals surface area contributed by atoms with Crippen molar-refractivity contribution >= 4 is 16.6 Å². The molecule has 0 fully saturated rings. The average Bonchev–Trinajstić information content (AvgIpc) is 3.58. The topological polar surface area (TPSA) is 109 Å². The minimum atomic E-state index is -0.374. The van der Waals surface area contributed by atoms with Crippen LogP contribution in [0.3, 0.4) is 0 Å². The molecule has 0 spiro atoms. The van der Waals surface area contributed by atoms with Gasteiger partial charge in [0.1, 0.15) is 0 Å². The van der Waals surface area contributed by atoms with E-state index in [0.717, 1.165) is 22.4 Å². The van der Waals surface area contributed by atoms with Crippen LogP contribution in [0.5, 0.6) is 0 Å². The third-order valence-electron chi connectivity index (χ3n) is 5.95. The van der Waals surface area contributed by atoms with Crippen molar-refractivity contribution in [1.29, 1.82) is 0 Å². The van der Waals surface area contributed by atoms with Gasteiger partial charge in [-0.3, -0.25) is 18.9 Å². The Morgan fingerprint density at radius 2 is 1.88 bits per heavy atom. The predicted octanol–water partition coefficient (Wildman–Crippen LogP) is 3.41. The zero-order valence-corrected chi connectivity index (χ0v) is 18.7. The highest BCUT2D eigenvalue weighted by molar-refractivity contribution is 5.82. The van der Waals surface area contributed by atoms with Gasteiger partial charge in [0.25, 0.3) is 5.56 Å². The van der Waals surface area contributed by atoms with Crippen molar-refractivity contribution in [1.82, 2.24) is 39.1 Å². The van der Waals surface area contributed by atoms with Gasteiger partial charge in [0, 0.05) is 54.6 Å². The highest BCUT2D eigenvalue weighted by atomic mass is 16.5. The van der Waals surface area contributed by atoms with Crippen molar-refractivity contribution in [3.05, 3.63) is 83.2 Å². The molecule has 10 heteroatoms. The van der Waals surface area contributed by atoms with E-state index in [1.807, 2.05) is 68.0 Å². The SMILES string of the molecule is Cc1cc(-c2ccc3nnc([C@@H](C)n4ccc5ncc(-c6cnn(C)c6)cc5c4=O)n3c2)on1. The van der Waals surface area contributed by atoms with Gasteiger partial charge in [-0.05, 0) is 38.1 Å². The molecule has 0 saturated carbocycles. The fraction of sp³-hybridized carbons (Fsp3) is 0.167. The Morgan fingerprint density at radius 3 is 2.65 bits per heavy atom. The number of rotatable bonds is 4. The molecule has 6 heterocycles. The molecular formula is C24H20N8O2. The molecule has 0 aliphatic carbocycles. The molecule has 6 aromatic heterocycles. The van der Waals surface area contributed by atoms with Crippen LogP contribution in [-0.4, -0.2) is 39.1 Å². The van der Waals surface area contributed by atoms with Crippen LogP contribution in [-0.2, 0) is 7.05 Å². The van der Waals surface area contributed by atoms with E-state index >= 15 is 0 Å². The first kappa shape index (κ1) is 20.0. The van der Waals surface area contributed by atoms with Crippen molar-refractivity contribution in [2.45, 2.75) is 19.9 Å². The predicted molar refractivity (Wildman–Crippen MR) is 125 cm³/mol. The largest absolute Gasteiger partial charge is 0.356 e. The van der Waals surface area contributed by atoms with Crippen molar-refractivity contribution in [3.8, 4) is 22.5 Å². The van der Waals surface area contributed by atoms with E-state index in [2.05, 4.69) is 25.4 Å². The van der Waals surface area contributed by atoms with E-state index in [1.165, 1.54) is 0 Å². The monoisotopic (exact) mass is 452 g/mol. The molecule has 0 aliphatic rings. The second kappa shape index (κ2) is 7.48. The lowest BCUT2D eigenvalue weighted by atomic mass is 10.1. The first-order valence-corrected chi connectivity index (χ1v) is 10.8. The van der Waals surface area contributed by atoms with Gasteiger partial charge in [-0.25, -0.2) is 0 Å². The fourth-order valence-electron chi connectivity index (χ4n) is 4.13. The molecular weight excluding hydrogens is 432 g/mol. The molecule has 0 aromatic carbocycles. The van der Waals surface area contributed by atoms with Crippen LogP contribution < -0.4 is 5.56 Å². The van der Waals surface area contributed by atoms with Gasteiger partial charge in [0.2, 0.25) is 0 Å². The molecule has 6 rings (SSSR count). The van der Waals surface area contributed by atoms with Gasteiger partial charge < -0.3 is 9.09 Å². The van der Waals surface area contributed by atoms with Gasteiger partial charge in [-0.15, -0.1) is 10.2 Å². The summed E-state index contributed by atoms with van der Waals surface area (Å²) in [7, 11) is 1.85. The number of hydrogen-bond acceptors (Lipinski definition) is 7. The highest BCUT2D eigenvalue weighted by Gasteiger charge is 2.19. The van der Waals surface area contributed by atoms with Crippen LogP contribution in [0, 0.1) is 6.92 Å². The lowest BCUT2D eigenvalue weighted by molar-refractivity contribution is 0.427. The van der Waals surface area contributed by atoms with Crippen LogP contribution >= 0.6 is 0 Å². The summed E-state index contributed by atoms with van der Waals surface area (Å²) in [6.45, 7) is 3.80. The van der Waals surface area contributed by atoms with E-state index in [0.29, 0.717) is 28.1 Å². The zero-order chi connectivity index (χ0) is 23.4. The summed E-state index contributed by atoms with van der Waals surface area (Å²) in [6, 6.07) is 8.97. The summed E-state index contributed by atoms with van der Waals surface area (Å²) in [5, 5.41) is 17.4. The Kier molecular flexibility index (Phi) is 4.41. The minimum Gasteiger partial charge on any atom is -0.356 e. The summed E-state index contributed by atoms with van der Waals surface area (Å²) in [4.78, 5) is 18.0. The summed E-state index contributed by atoms with van der Waals surface area (Å²) in [5.41, 5.74) is 4.54. The molecule has 34 heavy (non-hydrogen) atoms. The lowest BCUT2D eigenvalue weighted by Crippen LogP contribution is -2.25. The lowest BCUT2D eigenvalue weighted by Gasteiger charge is -2.15. The van der Waals surface area contributed by atoms with E-state index in [1.54, 1.807) is 27.8 Å². The Balaban J connectivity index is 1.45. The fourth-order valence-corrected chi connectivity index (χ4v) is 4.13. The molecule has 1 atom stereocenters. The minimum absolute atomic E-state index is 0.151. The number of aromatic nitrogens is 8. The van der Waals surface area contributed by atoms with Crippen LogP contribution in [0.2, 0.25) is 0 Å². The Bertz CT molecular complexity index is 1740. The number of pyridine rings is 3. The molecule has 0 N–H and O–H groups in total. The smallest absolute Gasteiger partial charge is 0.260 e. The first-order valence-electron chi connectivity index (χ1n) is 10.8. The summed E-state index contributed by atoms with van der Waals surface area (Å²) in [6.07, 6.45) is 9.04. The van der Waals surface area contributed by atoms with Crippen LogP contribution in [0.15, 0.2) is 70.6 Å². The average molecular weight is 452 g/mol. The first-order chi connectivity index (χ1) is 16.5. The Hall–Kier alpha value is -4.60. The molecule has 0 bridgehead atoms. The van der Waals surface area contributed by atoms with E-state index < -0.39 is 0 Å². The highest BCUT2D eigenvalue weighted by Crippen LogP contribution is 2.24. The summed E-state index contributed by atoms with van der Waals surface area (Å²) in [5.74, 6) is 1.29. The molecule has 0 unspecified atom stereocenters. The van der Waals surface area contributed by atoms with Gasteiger partial charge in [-0.2, -0.15) is 5.10 Å². The maximum absolute atomic E-state index is 13.5. The zero-order valence-electron chi connectivity index (χ0n) is 18.7. The quantitative estimate of drug-likeness (QED) is 0.403. The Morgan fingerprint density at radius 1 is 1.00 bits per heavy atom. The van der Waals surface area contributed by atoms with Crippen molar-refractivity contribution in [2.24, 2.45) is 7.05 Å². The molecule has 0 radical (unpaired) electrons. The number of aryl methyl sites for hydroxylation is 2. The summed E-state index contributed by atoms with van der Waals surface area (Å²) < 4.78 is 10.6. The van der Waals surface area contributed by atoms with Crippen LogP contribution in [0.1, 0.15) is 24.5 Å². The van der Waals surface area contributed by atoms with E-state index in [-0.39, 0.29) is 11.6 Å². The van der Waals surface area contributed by atoms with Gasteiger partial charge >= 0.3 is 0 Å². The molecule has 0 saturated heterocycles. The third kappa shape index (κ3) is 3.19. The van der Waals surface area contributed by atoms with Gasteiger partial charge in [0.15, 0.2) is 17.2 Å². The van der Waals surface area contributed by atoms with E-state index in [9.17, 15) is 4.79 Å². The van der Waals surface area contributed by atoms with Gasteiger partial charge in [0.05, 0.1) is 28.8 Å². The standard InChI is InChI=1S/C24H20N8O2/c1-14-8-21(34-29-14)16-4-5-22-27-28-23(32(22)13-16)15(2)31-7-6-20-19(24(31)33)9-17(10-25-20)18-11-26-30(3)12-18/h4-13,15H,1-3H3/t15-/m1/s1. The number of nitrogens with zero attached hydrogens (tertiary/aromatic N) is 8. The maximum Gasteiger partial charge on any atom is 0.260 e. The molecule has 168 valence electrons. The number of hydrogen-bond donors (Lipinski definition) is 0. The Labute approximate surface area is 193 Å². The summed E-state index contributed by atoms with van der Waals surface area (Å²) >= 11 is 0. The third-order valence-corrected chi connectivity index (χ3v) is 5.95. The van der Waals surface area contributed by atoms with E-state index in [4.69, 9.17) is 4.52 Å². The van der Waals surface area contributed by atoms with Crippen molar-refractivity contribution in [2.75, 3.05) is 0 Å². The van der Waals surface area contributed by atoms with Crippen LogP contribution in [0.25, 0.3) is 39.0 Å². The number of fused-ring (bicyclic) bond motifs is 2.